The summed E-state index contributed by atoms with van der Waals surface area (Å²) in [6, 6.07) is 13.0. The van der Waals surface area contributed by atoms with Crippen LogP contribution in [-0.2, 0) is 11.3 Å². The Balaban J connectivity index is 1.26. The zero-order valence-corrected chi connectivity index (χ0v) is 19.9. The zero-order chi connectivity index (χ0) is 22.5. The number of hydrogen-bond acceptors (Lipinski definition) is 5. The molecule has 6 nitrogen and oxygen atoms in total. The number of nitrogens with zero attached hydrogens (tertiary/aromatic N) is 2. The van der Waals surface area contributed by atoms with Gasteiger partial charge in [0.1, 0.15) is 10.1 Å². The second kappa shape index (κ2) is 10.5. The summed E-state index contributed by atoms with van der Waals surface area (Å²) in [5.74, 6) is 1.72. The monoisotopic (exact) mass is 471 g/mol. The first-order chi connectivity index (χ1) is 15.5. The molecular weight excluding hydrogens is 442 g/mol. The Labute approximate surface area is 198 Å². The molecule has 8 heteroatoms. The fourth-order valence-corrected chi connectivity index (χ4v) is 5.41. The predicted octanol–water partition coefficient (Wildman–Crippen LogP) is 4.10. The Morgan fingerprint density at radius 2 is 2.00 bits per heavy atom. The van der Waals surface area contributed by atoms with Gasteiger partial charge in [0.25, 0.3) is 5.56 Å². The van der Waals surface area contributed by atoms with E-state index in [1.54, 1.807) is 6.07 Å². The molecular formula is C24H29N3O3S2. The summed E-state index contributed by atoms with van der Waals surface area (Å²) >= 11 is 7.05. The lowest BCUT2D eigenvalue weighted by molar-refractivity contribution is -0.113. The van der Waals surface area contributed by atoms with Crippen LogP contribution in [0.4, 0.5) is 5.69 Å². The number of ether oxygens (including phenoxy) is 1. The van der Waals surface area contributed by atoms with E-state index >= 15 is 0 Å². The summed E-state index contributed by atoms with van der Waals surface area (Å²) in [5.41, 5.74) is 1.94. The molecule has 3 heterocycles. The fourth-order valence-electron chi connectivity index (χ4n) is 4.43. The van der Waals surface area contributed by atoms with E-state index in [4.69, 9.17) is 17.0 Å². The number of fused-ring (bicyclic) bond motifs is 4. The number of carbonyl (C=O) groups excluding carboxylic acids is 1. The van der Waals surface area contributed by atoms with Crippen LogP contribution >= 0.6 is 24.0 Å². The number of rotatable bonds is 7. The van der Waals surface area contributed by atoms with Crippen molar-refractivity contribution in [3.63, 3.8) is 0 Å². The van der Waals surface area contributed by atoms with Crippen LogP contribution in [0.1, 0.15) is 37.8 Å². The summed E-state index contributed by atoms with van der Waals surface area (Å²) < 4.78 is 8.32. The van der Waals surface area contributed by atoms with Gasteiger partial charge in [-0.1, -0.05) is 43.4 Å². The molecule has 0 radical (unpaired) electrons. The quantitative estimate of drug-likeness (QED) is 0.485. The van der Waals surface area contributed by atoms with Crippen molar-refractivity contribution >= 4 is 39.9 Å². The van der Waals surface area contributed by atoms with Crippen LogP contribution in [0.15, 0.2) is 47.3 Å². The van der Waals surface area contributed by atoms with Gasteiger partial charge in [0.05, 0.1) is 12.4 Å². The minimum Gasteiger partial charge on any atom is -0.494 e. The highest BCUT2D eigenvalue weighted by molar-refractivity contribution is 8.23. The first-order valence-corrected chi connectivity index (χ1v) is 12.6. The number of aromatic nitrogens is 1. The van der Waals surface area contributed by atoms with Crippen LogP contribution in [0.3, 0.4) is 0 Å². The topological polar surface area (TPSA) is 63.6 Å². The number of pyridine rings is 1. The van der Waals surface area contributed by atoms with Crippen LogP contribution in [0.5, 0.6) is 5.75 Å². The highest BCUT2D eigenvalue weighted by Gasteiger charge is 2.35. The lowest BCUT2D eigenvalue weighted by Crippen LogP contribution is -2.48. The molecule has 1 amide bonds. The number of thiocarbonyl (C=S) groups is 1. The summed E-state index contributed by atoms with van der Waals surface area (Å²) in [7, 11) is 0. The maximum absolute atomic E-state index is 12.4. The maximum Gasteiger partial charge on any atom is 0.250 e. The molecule has 1 fully saturated rings. The van der Waals surface area contributed by atoms with Gasteiger partial charge < -0.3 is 19.5 Å². The molecule has 1 aromatic heterocycles. The van der Waals surface area contributed by atoms with Gasteiger partial charge >= 0.3 is 0 Å². The highest BCUT2D eigenvalue weighted by Crippen LogP contribution is 2.36. The standard InChI is InChI=1S/C24H29N3O3S2/c1-2-3-11-30-20-9-7-19(8-10-20)25-22(28)16-32-24(31)26-13-17-12-18(15-26)21-5-4-6-23(29)27(21)14-17/h4-10,17-18H,2-3,11-16H2,1H3,(H,25,28)/t17-,18+/m1/s1. The molecule has 4 rings (SSSR count). The smallest absolute Gasteiger partial charge is 0.250 e. The van der Waals surface area contributed by atoms with Gasteiger partial charge in [0.15, 0.2) is 0 Å². The van der Waals surface area contributed by atoms with Crippen molar-refractivity contribution in [1.29, 1.82) is 0 Å². The second-order valence-corrected chi connectivity index (χ2v) is 10.0. The number of piperidine rings is 1. The third kappa shape index (κ3) is 5.53. The molecule has 32 heavy (non-hydrogen) atoms. The molecule has 0 aliphatic carbocycles. The highest BCUT2D eigenvalue weighted by atomic mass is 32.2. The summed E-state index contributed by atoms with van der Waals surface area (Å²) in [6.45, 7) is 5.21. The van der Waals surface area contributed by atoms with E-state index in [2.05, 4.69) is 23.2 Å². The average Bonchev–Trinajstić information content (AvgIpc) is 2.79. The Morgan fingerprint density at radius 1 is 1.19 bits per heavy atom. The van der Waals surface area contributed by atoms with Gasteiger partial charge in [-0.3, -0.25) is 9.59 Å². The van der Waals surface area contributed by atoms with Crippen LogP contribution in [0, 0.1) is 5.92 Å². The van der Waals surface area contributed by atoms with E-state index in [9.17, 15) is 9.59 Å². The summed E-state index contributed by atoms with van der Waals surface area (Å²) in [6.07, 6.45) is 3.21. The predicted molar refractivity (Wildman–Crippen MR) is 134 cm³/mol. The largest absolute Gasteiger partial charge is 0.494 e. The molecule has 1 aromatic carbocycles. The molecule has 0 spiro atoms. The lowest BCUT2D eigenvalue weighted by Gasteiger charge is -2.43. The van der Waals surface area contributed by atoms with E-state index in [0.29, 0.717) is 18.4 Å². The number of benzene rings is 1. The van der Waals surface area contributed by atoms with Gasteiger partial charge in [0, 0.05) is 43.0 Å². The van der Waals surface area contributed by atoms with Crippen molar-refractivity contribution in [3.8, 4) is 5.75 Å². The number of hydrogen-bond donors (Lipinski definition) is 1. The van der Waals surface area contributed by atoms with Crippen molar-refractivity contribution in [2.45, 2.75) is 38.6 Å². The molecule has 2 atom stereocenters. The molecule has 2 aliphatic rings. The normalized spacial score (nSPS) is 19.2. The van der Waals surface area contributed by atoms with Crippen LogP contribution in [0.2, 0.25) is 0 Å². The third-order valence-electron chi connectivity index (χ3n) is 5.97. The Bertz CT molecular complexity index is 1020. The third-order valence-corrected chi connectivity index (χ3v) is 7.49. The first kappa shape index (κ1) is 22.9. The van der Waals surface area contributed by atoms with Crippen LogP contribution in [0.25, 0.3) is 0 Å². The molecule has 1 N–H and O–H groups in total. The van der Waals surface area contributed by atoms with Gasteiger partial charge in [-0.15, -0.1) is 0 Å². The van der Waals surface area contributed by atoms with E-state index < -0.39 is 0 Å². The summed E-state index contributed by atoms with van der Waals surface area (Å²) in [5, 5.41) is 2.92. The number of anilines is 1. The van der Waals surface area contributed by atoms with Crippen molar-refractivity contribution in [3.05, 3.63) is 58.5 Å². The molecule has 0 saturated carbocycles. The van der Waals surface area contributed by atoms with Crippen LogP contribution < -0.4 is 15.6 Å². The van der Waals surface area contributed by atoms with Crippen molar-refractivity contribution in [2.75, 3.05) is 30.8 Å². The zero-order valence-electron chi connectivity index (χ0n) is 18.3. The number of thioether (sulfide) groups is 1. The maximum atomic E-state index is 12.4. The molecule has 0 unspecified atom stereocenters. The lowest BCUT2D eigenvalue weighted by atomic mass is 9.83. The molecule has 2 aliphatic heterocycles. The van der Waals surface area contributed by atoms with Gasteiger partial charge in [0.2, 0.25) is 5.91 Å². The molecule has 1 saturated heterocycles. The van der Waals surface area contributed by atoms with E-state index in [-0.39, 0.29) is 17.2 Å². The fraction of sp³-hybridized carbons (Fsp3) is 0.458. The van der Waals surface area contributed by atoms with E-state index in [0.717, 1.165) is 60.3 Å². The van der Waals surface area contributed by atoms with Crippen LogP contribution in [-0.4, -0.2) is 45.1 Å². The molecule has 2 aromatic rings. The van der Waals surface area contributed by atoms with Gasteiger partial charge in [-0.05, 0) is 49.1 Å². The number of amides is 1. The first-order valence-electron chi connectivity index (χ1n) is 11.2. The van der Waals surface area contributed by atoms with E-state index in [1.807, 2.05) is 34.9 Å². The minimum absolute atomic E-state index is 0.0777. The van der Waals surface area contributed by atoms with Crippen molar-refractivity contribution in [2.24, 2.45) is 5.92 Å². The van der Waals surface area contributed by atoms with Crippen molar-refractivity contribution < 1.29 is 9.53 Å². The minimum atomic E-state index is -0.0777. The van der Waals surface area contributed by atoms with Gasteiger partial charge in [-0.2, -0.15) is 0 Å². The van der Waals surface area contributed by atoms with Crippen molar-refractivity contribution in [1.82, 2.24) is 9.47 Å². The number of carbonyl (C=O) groups is 1. The SMILES string of the molecule is CCCCOc1ccc(NC(=O)CSC(=S)N2C[C@H]3C[C@@H](C2)c2cccc(=O)n2C3)cc1. The molecule has 170 valence electrons. The Morgan fingerprint density at radius 3 is 2.78 bits per heavy atom. The number of likely N-dealkylation sites (tertiary alicyclic amines) is 1. The van der Waals surface area contributed by atoms with E-state index in [1.165, 1.54) is 11.8 Å². The van der Waals surface area contributed by atoms with Gasteiger partial charge in [-0.25, -0.2) is 0 Å². The average molecular weight is 472 g/mol. The summed E-state index contributed by atoms with van der Waals surface area (Å²) in [4.78, 5) is 26.8. The number of nitrogens with one attached hydrogen (secondary N) is 1. The molecule has 2 bridgehead atoms. The Hall–Kier alpha value is -2.32. The Kier molecular flexibility index (Phi) is 7.52. The number of unbranched alkanes of at least 4 members (excludes halogenated alkanes) is 1. The second-order valence-electron chi connectivity index (χ2n) is 8.43.